The van der Waals surface area contributed by atoms with Crippen LogP contribution < -0.4 is 11.6 Å². The maximum atomic E-state index is 5.78. The van der Waals surface area contributed by atoms with E-state index in [0.717, 1.165) is 25.7 Å². The number of rotatable bonds is 2. The van der Waals surface area contributed by atoms with Gasteiger partial charge in [0, 0.05) is 7.11 Å². The predicted molar refractivity (Wildman–Crippen MR) is 57.8 cm³/mol. The van der Waals surface area contributed by atoms with Crippen molar-refractivity contribution in [3.8, 4) is 0 Å². The molecule has 4 heteroatoms. The Morgan fingerprint density at radius 3 is 2.07 bits per heavy atom. The van der Waals surface area contributed by atoms with Crippen molar-refractivity contribution in [3.05, 3.63) is 0 Å². The molecule has 0 unspecified atom stereocenters. The molecule has 1 saturated carbocycles. The molecular weight excluding hydrogens is 178 g/mol. The maximum absolute atomic E-state index is 5.78. The number of hydrogen-bond acceptors (Lipinski definition) is 3. The second kappa shape index (κ2) is 3.77. The monoisotopic (exact) mass is 199 g/mol. The van der Waals surface area contributed by atoms with Crippen molar-refractivity contribution < 1.29 is 4.74 Å². The smallest absolute Gasteiger partial charge is 0.151 e. The molecule has 0 heterocycles. The highest BCUT2D eigenvalue weighted by atomic mass is 16.5. The summed E-state index contributed by atoms with van der Waals surface area (Å²) in [6, 6.07) is 0. The lowest BCUT2D eigenvalue weighted by molar-refractivity contribution is -0.00931. The third-order valence-electron chi connectivity index (χ3n) is 3.41. The molecule has 0 aliphatic heterocycles. The first-order chi connectivity index (χ1) is 6.46. The minimum Gasteiger partial charge on any atom is -0.383 e. The minimum atomic E-state index is -0.412. The molecular formula is C10H21N3O. The number of ether oxygens (including phenoxy) is 1. The number of nitrogens with two attached hydrogens (primary N) is 2. The molecule has 0 radical (unpaired) electrons. The fraction of sp³-hybridized carbons (Fsp3) is 0.900. The van der Waals surface area contributed by atoms with Gasteiger partial charge in [0.2, 0.25) is 0 Å². The summed E-state index contributed by atoms with van der Waals surface area (Å²) in [7, 11) is 1.68. The highest BCUT2D eigenvalue weighted by Gasteiger charge is 2.41. The van der Waals surface area contributed by atoms with Crippen LogP contribution in [0.25, 0.3) is 0 Å². The van der Waals surface area contributed by atoms with Gasteiger partial charge in [-0.2, -0.15) is 5.10 Å². The molecule has 4 N–H and O–H groups in total. The molecule has 0 amide bonds. The second-order valence-electron chi connectivity index (χ2n) is 4.88. The quantitative estimate of drug-likeness (QED) is 0.304. The van der Waals surface area contributed by atoms with Crippen LogP contribution in [0.4, 0.5) is 0 Å². The zero-order chi connectivity index (χ0) is 10.8. The van der Waals surface area contributed by atoms with E-state index in [9.17, 15) is 0 Å². The summed E-state index contributed by atoms with van der Waals surface area (Å²) in [4.78, 5) is 0. The molecule has 14 heavy (non-hydrogen) atoms. The Balaban J connectivity index is 2.76. The topological polar surface area (TPSA) is 73.6 Å². The van der Waals surface area contributed by atoms with E-state index in [1.807, 2.05) is 0 Å². The van der Waals surface area contributed by atoms with Gasteiger partial charge in [-0.3, -0.25) is 0 Å². The molecule has 0 saturated heterocycles. The van der Waals surface area contributed by atoms with Crippen LogP contribution in [0.1, 0.15) is 39.5 Å². The Hall–Kier alpha value is -0.770. The first-order valence-electron chi connectivity index (χ1n) is 5.05. The van der Waals surface area contributed by atoms with Gasteiger partial charge in [0.05, 0.1) is 0 Å². The lowest BCUT2D eigenvalue weighted by Gasteiger charge is -2.41. The van der Waals surface area contributed by atoms with Crippen LogP contribution in [0, 0.1) is 5.41 Å². The molecule has 0 aromatic rings. The van der Waals surface area contributed by atoms with Crippen LogP contribution in [-0.4, -0.2) is 18.5 Å². The highest BCUT2D eigenvalue weighted by Crippen LogP contribution is 2.41. The molecule has 0 aromatic carbocycles. The van der Waals surface area contributed by atoms with E-state index in [0.29, 0.717) is 11.3 Å². The van der Waals surface area contributed by atoms with E-state index in [1.54, 1.807) is 7.11 Å². The average Bonchev–Trinajstić information content (AvgIpc) is 2.18. The van der Waals surface area contributed by atoms with E-state index in [4.69, 9.17) is 16.3 Å². The summed E-state index contributed by atoms with van der Waals surface area (Å²) in [5.74, 6) is 5.64. The third-order valence-corrected chi connectivity index (χ3v) is 3.41. The summed E-state index contributed by atoms with van der Waals surface area (Å²) >= 11 is 0. The van der Waals surface area contributed by atoms with E-state index < -0.39 is 5.60 Å². The predicted octanol–water partition coefficient (Wildman–Crippen LogP) is 1.20. The van der Waals surface area contributed by atoms with Gasteiger partial charge in [0.1, 0.15) is 5.60 Å². The van der Waals surface area contributed by atoms with Crippen molar-refractivity contribution in [2.24, 2.45) is 22.1 Å². The van der Waals surface area contributed by atoms with Crippen molar-refractivity contribution in [1.29, 1.82) is 0 Å². The van der Waals surface area contributed by atoms with Gasteiger partial charge in [-0.1, -0.05) is 13.8 Å². The summed E-state index contributed by atoms with van der Waals surface area (Å²) in [6.07, 6.45) is 4.00. The largest absolute Gasteiger partial charge is 0.383 e. The van der Waals surface area contributed by atoms with Gasteiger partial charge in [0.25, 0.3) is 0 Å². The molecule has 0 atom stereocenters. The van der Waals surface area contributed by atoms with Crippen LogP contribution in [0.3, 0.4) is 0 Å². The zero-order valence-electron chi connectivity index (χ0n) is 9.34. The number of amidine groups is 1. The molecule has 1 aliphatic rings. The third kappa shape index (κ3) is 2.00. The summed E-state index contributed by atoms with van der Waals surface area (Å²) < 4.78 is 5.49. The molecule has 0 aromatic heterocycles. The Morgan fingerprint density at radius 1 is 1.21 bits per heavy atom. The zero-order valence-corrected chi connectivity index (χ0v) is 9.34. The summed E-state index contributed by atoms with van der Waals surface area (Å²) in [5, 5.41) is 3.57. The number of hydrogen-bond donors (Lipinski definition) is 2. The maximum Gasteiger partial charge on any atom is 0.151 e. The number of nitrogens with zero attached hydrogens (tertiary/aromatic N) is 1. The molecule has 0 spiro atoms. The lowest BCUT2D eigenvalue weighted by Crippen LogP contribution is -2.50. The molecule has 82 valence electrons. The number of methoxy groups -OCH3 is 1. The fourth-order valence-corrected chi connectivity index (χ4v) is 2.01. The molecule has 1 fully saturated rings. The van der Waals surface area contributed by atoms with Gasteiger partial charge in [-0.25, -0.2) is 0 Å². The van der Waals surface area contributed by atoms with Gasteiger partial charge in [-0.05, 0) is 31.1 Å². The Kier molecular flexibility index (Phi) is 3.04. The van der Waals surface area contributed by atoms with Crippen LogP contribution in [0.5, 0.6) is 0 Å². The Labute approximate surface area is 85.7 Å². The van der Waals surface area contributed by atoms with Crippen molar-refractivity contribution in [1.82, 2.24) is 0 Å². The lowest BCUT2D eigenvalue weighted by atomic mass is 9.70. The molecule has 4 nitrogen and oxygen atoms in total. The van der Waals surface area contributed by atoms with Crippen LogP contribution >= 0.6 is 0 Å². The van der Waals surface area contributed by atoms with Crippen LogP contribution in [0.15, 0.2) is 5.10 Å². The van der Waals surface area contributed by atoms with E-state index in [2.05, 4.69) is 18.9 Å². The molecule has 1 aliphatic carbocycles. The second-order valence-corrected chi connectivity index (χ2v) is 4.88. The van der Waals surface area contributed by atoms with Gasteiger partial charge >= 0.3 is 0 Å². The van der Waals surface area contributed by atoms with Crippen molar-refractivity contribution in [2.75, 3.05) is 7.11 Å². The van der Waals surface area contributed by atoms with Crippen molar-refractivity contribution in [2.45, 2.75) is 45.1 Å². The SMILES string of the molecule is COC1(C(N)=NN)CCC(C)(C)CC1. The van der Waals surface area contributed by atoms with E-state index in [1.165, 1.54) is 0 Å². The van der Waals surface area contributed by atoms with Gasteiger partial charge in [-0.15, -0.1) is 0 Å². The molecule has 0 bridgehead atoms. The van der Waals surface area contributed by atoms with Crippen LogP contribution in [0.2, 0.25) is 0 Å². The fourth-order valence-electron chi connectivity index (χ4n) is 2.01. The highest BCUT2D eigenvalue weighted by molar-refractivity contribution is 5.88. The Bertz CT molecular complexity index is 226. The first-order valence-corrected chi connectivity index (χ1v) is 5.05. The standard InChI is InChI=1S/C10H21N3O/c1-9(2)4-6-10(14-3,7-5-9)8(11)13-12/h4-7,12H2,1-3H3,(H2,11,13). The van der Waals surface area contributed by atoms with Gasteiger partial charge < -0.3 is 16.3 Å². The molecule has 1 rings (SSSR count). The van der Waals surface area contributed by atoms with Crippen molar-refractivity contribution >= 4 is 5.84 Å². The minimum absolute atomic E-state index is 0.386. The average molecular weight is 199 g/mol. The number of hydrazone groups is 1. The van der Waals surface area contributed by atoms with Crippen molar-refractivity contribution in [3.63, 3.8) is 0 Å². The normalized spacial score (nSPS) is 26.1. The van der Waals surface area contributed by atoms with Gasteiger partial charge in [0.15, 0.2) is 5.84 Å². The first kappa shape index (κ1) is 11.3. The Morgan fingerprint density at radius 2 is 1.71 bits per heavy atom. The van der Waals surface area contributed by atoms with Crippen LogP contribution in [-0.2, 0) is 4.74 Å². The summed E-state index contributed by atoms with van der Waals surface area (Å²) in [6.45, 7) is 4.53. The summed E-state index contributed by atoms with van der Waals surface area (Å²) in [5.41, 5.74) is 5.76. The van der Waals surface area contributed by atoms with E-state index >= 15 is 0 Å². The van der Waals surface area contributed by atoms with E-state index in [-0.39, 0.29) is 0 Å².